The van der Waals surface area contributed by atoms with Gasteiger partial charge in [0.25, 0.3) is 0 Å². The number of hydrogen-bond donors (Lipinski definition) is 4. The van der Waals surface area contributed by atoms with Crippen molar-refractivity contribution in [1.82, 2.24) is 0 Å². The van der Waals surface area contributed by atoms with E-state index in [4.69, 9.17) is 32.3 Å². The second kappa shape index (κ2) is 69.8. The van der Waals surface area contributed by atoms with Crippen molar-refractivity contribution in [3.63, 3.8) is 0 Å². The van der Waals surface area contributed by atoms with Crippen molar-refractivity contribution >= 4 is 33.6 Å². The molecule has 0 aromatic rings. The lowest BCUT2D eigenvalue weighted by Crippen LogP contribution is -2.30. The van der Waals surface area contributed by atoms with Gasteiger partial charge in [-0.15, -0.1) is 0 Å². The summed E-state index contributed by atoms with van der Waals surface area (Å²) in [5.74, 6) is -1.66. The molecule has 95 heavy (non-hydrogen) atoms. The van der Waals surface area contributed by atoms with Crippen LogP contribution >= 0.6 is 15.6 Å². The van der Waals surface area contributed by atoms with E-state index in [1.165, 1.54) is 109 Å². The van der Waals surface area contributed by atoms with Crippen molar-refractivity contribution in [2.45, 2.75) is 309 Å². The van der Waals surface area contributed by atoms with E-state index in [9.17, 15) is 43.5 Å². The molecule has 0 aliphatic carbocycles. The minimum Gasteiger partial charge on any atom is -0.463 e. The molecule has 0 saturated carbocycles. The van der Waals surface area contributed by atoms with Crippen LogP contribution in [0.1, 0.15) is 290 Å². The van der Waals surface area contributed by atoms with Gasteiger partial charge in [0.2, 0.25) is 0 Å². The van der Waals surface area contributed by atoms with Gasteiger partial charge in [-0.05, 0) is 128 Å². The number of aliphatic hydroxyl groups is 2. The largest absolute Gasteiger partial charge is 0.472 e. The maximum Gasteiger partial charge on any atom is 0.472 e. The summed E-state index contributed by atoms with van der Waals surface area (Å²) in [6, 6.07) is 0. The zero-order chi connectivity index (χ0) is 69.5. The normalized spacial score (nSPS) is 14.8. The van der Waals surface area contributed by atoms with Crippen molar-refractivity contribution in [3.05, 3.63) is 122 Å². The molecule has 0 bridgehead atoms. The first-order chi connectivity index (χ1) is 46.2. The van der Waals surface area contributed by atoms with Gasteiger partial charge in [0, 0.05) is 19.3 Å². The Labute approximate surface area is 576 Å². The number of allylic oxidation sites excluding steroid dienone is 20. The van der Waals surface area contributed by atoms with Gasteiger partial charge in [-0.2, -0.15) is 0 Å². The summed E-state index contributed by atoms with van der Waals surface area (Å²) in [4.78, 5) is 58.4. The highest BCUT2D eigenvalue weighted by Gasteiger charge is 2.29. The lowest BCUT2D eigenvalue weighted by Gasteiger charge is -2.21. The Morgan fingerprint density at radius 2 is 0.568 bits per heavy atom. The quantitative estimate of drug-likeness (QED) is 0.0146. The van der Waals surface area contributed by atoms with Crippen molar-refractivity contribution in [3.8, 4) is 0 Å². The number of phosphoric acid groups is 2. The molecule has 4 N–H and O–H groups in total. The Kier molecular flexibility index (Phi) is 66.9. The van der Waals surface area contributed by atoms with E-state index in [1.807, 2.05) is 12.2 Å². The molecule has 0 saturated heterocycles. The van der Waals surface area contributed by atoms with Crippen molar-refractivity contribution < 1.29 is 75.8 Å². The molecule has 0 spiro atoms. The molecular formula is C77H132O16P2. The lowest BCUT2D eigenvalue weighted by atomic mass is 10.0. The monoisotopic (exact) mass is 1370 g/mol. The molecule has 0 amide bonds. The molecular weight excluding hydrogens is 1240 g/mol. The van der Waals surface area contributed by atoms with Crippen LogP contribution in [0, 0.1) is 0 Å². The minimum atomic E-state index is -4.94. The fourth-order valence-electron chi connectivity index (χ4n) is 9.53. The molecule has 5 unspecified atom stereocenters. The molecule has 18 heteroatoms. The Morgan fingerprint density at radius 3 is 0.958 bits per heavy atom. The summed E-state index contributed by atoms with van der Waals surface area (Å²) in [5, 5.41) is 20.6. The maximum atomic E-state index is 12.9. The number of hydrogen-bond acceptors (Lipinski definition) is 14. The number of carbonyl (C=O) groups is 3. The number of esters is 3. The first-order valence-corrected chi connectivity index (χ1v) is 39.8. The Balaban J connectivity index is 4.50. The molecule has 5 atom stereocenters. The van der Waals surface area contributed by atoms with Crippen LogP contribution in [0.25, 0.3) is 0 Å². The number of unbranched alkanes of at least 4 members (excludes halogenated alkanes) is 26. The zero-order valence-corrected chi connectivity index (χ0v) is 61.1. The standard InChI is InChI=1S/C77H132O16P2/c1-4-7-10-13-16-19-22-25-27-29-30-31-32-33-34-35-36-37-38-39-40-42-44-46-48-51-54-57-60-63-75(80)87-66-72(78)67-89-94(83,84)90-68-73(79)69-91-95(85,86)92-71-74(93-77(82)65-62-59-56-53-50-45-24-21-18-15-12-9-6-3)70-88-76(81)64-61-58-55-52-49-47-43-41-28-26-23-20-17-14-11-8-5-2/h8,11,16-17,19-21,24-28,30-31,33-34,43,47,52,55,72-74,78-79H,4-7,9-10,12-15,18,22-23,29,32,35-42,44-46,48-51,53-54,56-71H2,1-3H3,(H,83,84)(H,85,86)/b11-8-,19-16-,20-17-,24-21-,27-25-,28-26-,31-30-,34-33-,47-43-,55-52-. The van der Waals surface area contributed by atoms with E-state index in [2.05, 4.69) is 130 Å². The molecule has 0 rings (SSSR count). The van der Waals surface area contributed by atoms with Gasteiger partial charge in [0.1, 0.15) is 25.4 Å². The fraction of sp³-hybridized carbons (Fsp3) is 0.701. The molecule has 0 aromatic heterocycles. The molecule has 0 aliphatic heterocycles. The van der Waals surface area contributed by atoms with Crippen LogP contribution in [0.3, 0.4) is 0 Å². The Morgan fingerprint density at radius 1 is 0.305 bits per heavy atom. The lowest BCUT2D eigenvalue weighted by molar-refractivity contribution is -0.161. The molecule has 0 aliphatic rings. The van der Waals surface area contributed by atoms with E-state index < -0.39 is 91.5 Å². The van der Waals surface area contributed by atoms with Gasteiger partial charge in [-0.25, -0.2) is 9.13 Å². The predicted molar refractivity (Wildman–Crippen MR) is 390 cm³/mol. The van der Waals surface area contributed by atoms with Crippen LogP contribution in [0.4, 0.5) is 0 Å². The predicted octanol–water partition coefficient (Wildman–Crippen LogP) is 21.0. The number of phosphoric ester groups is 2. The smallest absolute Gasteiger partial charge is 0.463 e. The van der Waals surface area contributed by atoms with Gasteiger partial charge in [-0.1, -0.05) is 264 Å². The summed E-state index contributed by atoms with van der Waals surface area (Å²) in [6.45, 7) is 2.43. The summed E-state index contributed by atoms with van der Waals surface area (Å²) in [7, 11) is -9.80. The molecule has 0 heterocycles. The highest BCUT2D eigenvalue weighted by Crippen LogP contribution is 2.45. The van der Waals surface area contributed by atoms with E-state index >= 15 is 0 Å². The van der Waals surface area contributed by atoms with E-state index in [0.717, 1.165) is 116 Å². The Hall–Kier alpha value is -4.05. The van der Waals surface area contributed by atoms with Gasteiger partial charge in [0.15, 0.2) is 6.10 Å². The Bertz CT molecular complexity index is 2210. The topological polar surface area (TPSA) is 231 Å². The van der Waals surface area contributed by atoms with Gasteiger partial charge < -0.3 is 34.2 Å². The summed E-state index contributed by atoms with van der Waals surface area (Å²) in [6.07, 6.45) is 81.3. The van der Waals surface area contributed by atoms with Crippen LogP contribution < -0.4 is 0 Å². The zero-order valence-electron chi connectivity index (χ0n) is 59.3. The number of aliphatic hydroxyl groups excluding tert-OH is 2. The third-order valence-corrected chi connectivity index (χ3v) is 17.0. The molecule has 0 radical (unpaired) electrons. The fourth-order valence-corrected chi connectivity index (χ4v) is 11.1. The van der Waals surface area contributed by atoms with Gasteiger partial charge in [0.05, 0.1) is 26.4 Å². The highest BCUT2D eigenvalue weighted by atomic mass is 31.2. The maximum absolute atomic E-state index is 12.9. The third-order valence-electron chi connectivity index (χ3n) is 15.1. The van der Waals surface area contributed by atoms with Crippen LogP contribution in [0.15, 0.2) is 122 Å². The van der Waals surface area contributed by atoms with Crippen molar-refractivity contribution in [1.29, 1.82) is 0 Å². The van der Waals surface area contributed by atoms with E-state index in [-0.39, 0.29) is 19.3 Å². The average Bonchev–Trinajstić information content (AvgIpc) is 1.83. The SMILES string of the molecule is CC/C=C\C/C=C\C/C=C\C/C=C\C/C=C\CCCC(=O)OCC(COP(=O)(O)OCC(O)COP(=O)(O)OCC(O)COC(=O)CCCCCCCCCCCCCCC/C=C\C/C=C\C/C=C\C/C=C\CCCCC)OC(=O)CCCCCCC/C=C\CCCCCC. The van der Waals surface area contributed by atoms with Crippen LogP contribution in [-0.2, 0) is 55.8 Å². The number of ether oxygens (including phenoxy) is 3. The molecule has 16 nitrogen and oxygen atoms in total. The van der Waals surface area contributed by atoms with E-state index in [1.54, 1.807) is 0 Å². The van der Waals surface area contributed by atoms with E-state index in [0.29, 0.717) is 25.7 Å². The molecule has 0 aromatic carbocycles. The first kappa shape index (κ1) is 91.0. The second-order valence-corrected chi connectivity index (χ2v) is 27.3. The summed E-state index contributed by atoms with van der Waals surface area (Å²) < 4.78 is 60.9. The average molecular weight is 1380 g/mol. The minimum absolute atomic E-state index is 0.0803. The third kappa shape index (κ3) is 71.1. The van der Waals surface area contributed by atoms with Gasteiger partial charge >= 0.3 is 33.6 Å². The highest BCUT2D eigenvalue weighted by molar-refractivity contribution is 7.47. The number of carbonyl (C=O) groups excluding carboxylic acids is 3. The van der Waals surface area contributed by atoms with Crippen molar-refractivity contribution in [2.75, 3.05) is 39.6 Å². The summed E-state index contributed by atoms with van der Waals surface area (Å²) >= 11 is 0. The second-order valence-electron chi connectivity index (χ2n) is 24.4. The molecule has 0 fully saturated rings. The van der Waals surface area contributed by atoms with Crippen LogP contribution in [-0.4, -0.2) is 95.9 Å². The number of rotatable bonds is 69. The van der Waals surface area contributed by atoms with Crippen LogP contribution in [0.5, 0.6) is 0 Å². The molecule has 546 valence electrons. The van der Waals surface area contributed by atoms with Crippen molar-refractivity contribution in [2.24, 2.45) is 0 Å². The summed E-state index contributed by atoms with van der Waals surface area (Å²) in [5.41, 5.74) is 0. The van der Waals surface area contributed by atoms with Crippen LogP contribution in [0.2, 0.25) is 0 Å². The first-order valence-electron chi connectivity index (χ1n) is 36.8. The van der Waals surface area contributed by atoms with Gasteiger partial charge in [-0.3, -0.25) is 32.5 Å².